The Labute approximate surface area is 108 Å². The highest BCUT2D eigenvalue weighted by atomic mass is 32.2. The normalized spacial score (nSPS) is 17.0. The van der Waals surface area contributed by atoms with Gasteiger partial charge < -0.3 is 0 Å². The van der Waals surface area contributed by atoms with E-state index in [-0.39, 0.29) is 5.78 Å². The lowest BCUT2D eigenvalue weighted by Crippen LogP contribution is -2.12. The first-order valence-electron chi connectivity index (χ1n) is 6.47. The number of carbonyl (C=O) groups is 1. The summed E-state index contributed by atoms with van der Waals surface area (Å²) in [6.45, 7) is 2.05. The van der Waals surface area contributed by atoms with E-state index in [1.165, 1.54) is 37.7 Å². The molecular formula is C15H20OS. The molecule has 2 heteroatoms. The number of thioether (sulfide) groups is 1. The van der Waals surface area contributed by atoms with Crippen molar-refractivity contribution in [2.45, 2.75) is 44.3 Å². The molecule has 0 heterocycles. The van der Waals surface area contributed by atoms with Gasteiger partial charge >= 0.3 is 0 Å². The van der Waals surface area contributed by atoms with E-state index in [0.29, 0.717) is 5.75 Å². The van der Waals surface area contributed by atoms with E-state index in [4.69, 9.17) is 0 Å². The van der Waals surface area contributed by atoms with Gasteiger partial charge in [0.1, 0.15) is 0 Å². The SMILES string of the molecule is Cc1ccc(C(=O)CSC2CCCCC2)cc1. The molecular weight excluding hydrogens is 228 g/mol. The van der Waals surface area contributed by atoms with Gasteiger partial charge in [0.2, 0.25) is 0 Å². The van der Waals surface area contributed by atoms with Crippen LogP contribution in [0.4, 0.5) is 0 Å². The van der Waals surface area contributed by atoms with E-state index in [1.54, 1.807) is 0 Å². The van der Waals surface area contributed by atoms with Crippen molar-refractivity contribution >= 4 is 17.5 Å². The molecule has 0 atom stereocenters. The Kier molecular flexibility index (Phi) is 4.66. The summed E-state index contributed by atoms with van der Waals surface area (Å²) in [5.74, 6) is 0.925. The predicted molar refractivity (Wildman–Crippen MR) is 74.8 cm³/mol. The Morgan fingerprint density at radius 2 is 1.82 bits per heavy atom. The van der Waals surface area contributed by atoms with Crippen LogP contribution < -0.4 is 0 Å². The number of benzene rings is 1. The monoisotopic (exact) mass is 248 g/mol. The molecule has 2 rings (SSSR count). The molecule has 1 aromatic rings. The fraction of sp³-hybridized carbons (Fsp3) is 0.533. The van der Waals surface area contributed by atoms with Gasteiger partial charge in [-0.3, -0.25) is 4.79 Å². The molecule has 17 heavy (non-hydrogen) atoms. The van der Waals surface area contributed by atoms with Crippen molar-refractivity contribution in [3.8, 4) is 0 Å². The Morgan fingerprint density at radius 1 is 1.18 bits per heavy atom. The molecule has 0 unspecified atom stereocenters. The lowest BCUT2D eigenvalue weighted by molar-refractivity contribution is 0.102. The average molecular weight is 248 g/mol. The number of rotatable bonds is 4. The molecule has 0 radical (unpaired) electrons. The molecule has 1 fully saturated rings. The second-order valence-corrected chi connectivity index (χ2v) is 6.15. The van der Waals surface area contributed by atoms with Crippen LogP contribution in [0, 0.1) is 6.92 Å². The zero-order valence-electron chi connectivity index (χ0n) is 10.4. The fourth-order valence-corrected chi connectivity index (χ4v) is 3.47. The van der Waals surface area contributed by atoms with Crippen LogP contribution in [-0.4, -0.2) is 16.8 Å². The molecule has 0 amide bonds. The lowest BCUT2D eigenvalue weighted by Gasteiger charge is -2.20. The molecule has 0 bridgehead atoms. The van der Waals surface area contributed by atoms with Gasteiger partial charge in [-0.15, -0.1) is 0 Å². The van der Waals surface area contributed by atoms with Crippen molar-refractivity contribution in [1.29, 1.82) is 0 Å². The van der Waals surface area contributed by atoms with Crippen molar-refractivity contribution in [3.05, 3.63) is 35.4 Å². The molecule has 0 spiro atoms. The molecule has 1 aliphatic rings. The minimum atomic E-state index is 0.278. The van der Waals surface area contributed by atoms with Crippen LogP contribution in [0.3, 0.4) is 0 Å². The third-order valence-electron chi connectivity index (χ3n) is 3.38. The number of hydrogen-bond donors (Lipinski definition) is 0. The maximum Gasteiger partial charge on any atom is 0.172 e. The van der Waals surface area contributed by atoms with Crippen LogP contribution in [0.15, 0.2) is 24.3 Å². The second-order valence-electron chi connectivity index (χ2n) is 4.86. The number of carbonyl (C=O) groups excluding carboxylic acids is 1. The Morgan fingerprint density at radius 3 is 2.47 bits per heavy atom. The summed E-state index contributed by atoms with van der Waals surface area (Å²) in [7, 11) is 0. The highest BCUT2D eigenvalue weighted by Crippen LogP contribution is 2.28. The molecule has 92 valence electrons. The minimum absolute atomic E-state index is 0.278. The number of aryl methyl sites for hydroxylation is 1. The first kappa shape index (κ1) is 12.7. The third-order valence-corrected chi connectivity index (χ3v) is 4.75. The van der Waals surface area contributed by atoms with Gasteiger partial charge in [0.05, 0.1) is 5.75 Å². The number of ketones is 1. The van der Waals surface area contributed by atoms with Crippen molar-refractivity contribution in [2.24, 2.45) is 0 Å². The lowest BCUT2D eigenvalue weighted by atomic mass is 10.0. The average Bonchev–Trinajstić information content (AvgIpc) is 2.38. The fourth-order valence-electron chi connectivity index (χ4n) is 2.25. The van der Waals surface area contributed by atoms with Gasteiger partial charge in [0, 0.05) is 10.8 Å². The van der Waals surface area contributed by atoms with E-state index in [0.717, 1.165) is 10.8 Å². The summed E-state index contributed by atoms with van der Waals surface area (Å²) in [4.78, 5) is 12.0. The van der Waals surface area contributed by atoms with Crippen LogP contribution in [0.2, 0.25) is 0 Å². The molecule has 0 N–H and O–H groups in total. The Bertz CT molecular complexity index is 363. The smallest absolute Gasteiger partial charge is 0.172 e. The van der Waals surface area contributed by atoms with E-state index < -0.39 is 0 Å². The maximum atomic E-state index is 12.0. The summed E-state index contributed by atoms with van der Waals surface area (Å²) in [6.07, 6.45) is 6.66. The summed E-state index contributed by atoms with van der Waals surface area (Å²) in [5, 5.41) is 0.721. The Hall–Kier alpha value is -0.760. The largest absolute Gasteiger partial charge is 0.293 e. The van der Waals surface area contributed by atoms with Crippen molar-refractivity contribution in [1.82, 2.24) is 0 Å². The van der Waals surface area contributed by atoms with Crippen molar-refractivity contribution in [2.75, 3.05) is 5.75 Å². The van der Waals surface area contributed by atoms with Gasteiger partial charge in [-0.1, -0.05) is 49.1 Å². The van der Waals surface area contributed by atoms with Gasteiger partial charge in [0.15, 0.2) is 5.78 Å². The minimum Gasteiger partial charge on any atom is -0.293 e. The molecule has 0 aromatic heterocycles. The molecule has 1 aliphatic carbocycles. The molecule has 0 saturated heterocycles. The summed E-state index contributed by atoms with van der Waals surface area (Å²) in [5.41, 5.74) is 2.07. The van der Waals surface area contributed by atoms with Crippen molar-refractivity contribution < 1.29 is 4.79 Å². The highest BCUT2D eigenvalue weighted by molar-refractivity contribution is 8.00. The van der Waals surface area contributed by atoms with Crippen LogP contribution in [0.25, 0.3) is 0 Å². The standard InChI is InChI=1S/C15H20OS/c1-12-7-9-13(10-8-12)15(16)11-17-14-5-3-2-4-6-14/h7-10,14H,2-6,11H2,1H3. The number of hydrogen-bond acceptors (Lipinski definition) is 2. The van der Waals surface area contributed by atoms with E-state index in [1.807, 2.05) is 43.0 Å². The summed E-state index contributed by atoms with van der Waals surface area (Å²) < 4.78 is 0. The van der Waals surface area contributed by atoms with Crippen LogP contribution in [0.5, 0.6) is 0 Å². The van der Waals surface area contributed by atoms with Crippen LogP contribution in [0.1, 0.15) is 48.0 Å². The highest BCUT2D eigenvalue weighted by Gasteiger charge is 2.15. The summed E-state index contributed by atoms with van der Waals surface area (Å²) in [6, 6.07) is 7.91. The summed E-state index contributed by atoms with van der Waals surface area (Å²) >= 11 is 1.85. The predicted octanol–water partition coefficient (Wildman–Crippen LogP) is 4.24. The first-order chi connectivity index (χ1) is 8.25. The van der Waals surface area contributed by atoms with E-state index >= 15 is 0 Å². The first-order valence-corrected chi connectivity index (χ1v) is 7.52. The quantitative estimate of drug-likeness (QED) is 0.741. The van der Waals surface area contributed by atoms with Crippen LogP contribution >= 0.6 is 11.8 Å². The molecule has 1 aromatic carbocycles. The van der Waals surface area contributed by atoms with Gasteiger partial charge in [0.25, 0.3) is 0 Å². The molecule has 1 nitrogen and oxygen atoms in total. The molecule has 0 aliphatic heterocycles. The molecule has 1 saturated carbocycles. The van der Waals surface area contributed by atoms with E-state index in [2.05, 4.69) is 0 Å². The van der Waals surface area contributed by atoms with Gasteiger partial charge in [-0.05, 0) is 19.8 Å². The van der Waals surface area contributed by atoms with Crippen LogP contribution in [-0.2, 0) is 0 Å². The zero-order chi connectivity index (χ0) is 12.1. The second kappa shape index (κ2) is 6.25. The third kappa shape index (κ3) is 3.88. The van der Waals surface area contributed by atoms with Gasteiger partial charge in [-0.25, -0.2) is 0 Å². The van der Waals surface area contributed by atoms with E-state index in [9.17, 15) is 4.79 Å². The Balaban J connectivity index is 1.82. The van der Waals surface area contributed by atoms with Gasteiger partial charge in [-0.2, -0.15) is 11.8 Å². The zero-order valence-corrected chi connectivity index (χ0v) is 11.3. The van der Waals surface area contributed by atoms with Crippen molar-refractivity contribution in [3.63, 3.8) is 0 Å². The topological polar surface area (TPSA) is 17.1 Å². The maximum absolute atomic E-state index is 12.0. The number of Topliss-reactive ketones (excluding diaryl/α,β-unsaturated/α-hetero) is 1.